The molecule has 1 aromatic heterocycles. The molecule has 0 saturated heterocycles. The van der Waals surface area contributed by atoms with Crippen LogP contribution in [0.2, 0.25) is 0 Å². The summed E-state index contributed by atoms with van der Waals surface area (Å²) in [5, 5.41) is 4.35. The lowest BCUT2D eigenvalue weighted by Gasteiger charge is -2.27. The predicted octanol–water partition coefficient (Wildman–Crippen LogP) is 6.34. The van der Waals surface area contributed by atoms with Crippen LogP contribution in [0.1, 0.15) is 54.2 Å². The van der Waals surface area contributed by atoms with Crippen molar-refractivity contribution < 1.29 is 13.2 Å². The molecular weight excluding hydrogens is 373 g/mol. The number of rotatable bonds is 3. The van der Waals surface area contributed by atoms with Crippen molar-refractivity contribution in [2.45, 2.75) is 44.4 Å². The van der Waals surface area contributed by atoms with Gasteiger partial charge in [0.25, 0.3) is 0 Å². The average Bonchev–Trinajstić information content (AvgIpc) is 3.01. The Balaban J connectivity index is 0.00000210. The predicted molar refractivity (Wildman–Crippen MR) is 104 cm³/mol. The van der Waals surface area contributed by atoms with Gasteiger partial charge >= 0.3 is 6.18 Å². The standard InChI is InChI=1S/C21H21F3N2.ClH/c1-13(14-6-3-2-4-7-14)25-19-9-5-8-16-17-12-15(21(22,23)24)10-11-18(17)26-20(16)19;/h2-4,6-7,10-13,19,25-26H,5,8-9H2,1H3;1H/t13-,19?;/m1./s1. The minimum Gasteiger partial charge on any atom is -0.357 e. The van der Waals surface area contributed by atoms with E-state index in [1.165, 1.54) is 11.6 Å². The fraction of sp³-hybridized carbons (Fsp3) is 0.333. The normalized spacial score (nSPS) is 18.0. The van der Waals surface area contributed by atoms with Crippen molar-refractivity contribution in [3.63, 3.8) is 0 Å². The molecule has 1 aliphatic rings. The van der Waals surface area contributed by atoms with Crippen LogP contribution in [0.4, 0.5) is 13.2 Å². The van der Waals surface area contributed by atoms with E-state index >= 15 is 0 Å². The van der Waals surface area contributed by atoms with Crippen molar-refractivity contribution in [2.24, 2.45) is 0 Å². The van der Waals surface area contributed by atoms with Crippen molar-refractivity contribution in [2.75, 3.05) is 0 Å². The molecule has 2 N–H and O–H groups in total. The molecule has 2 aromatic carbocycles. The minimum atomic E-state index is -4.31. The number of aryl methyl sites for hydroxylation is 1. The van der Waals surface area contributed by atoms with Gasteiger partial charge in [-0.2, -0.15) is 13.2 Å². The molecular formula is C21H22ClF3N2. The summed E-state index contributed by atoms with van der Waals surface area (Å²) in [6, 6.07) is 14.5. The quantitative estimate of drug-likeness (QED) is 0.533. The molecule has 6 heteroatoms. The highest BCUT2D eigenvalue weighted by Crippen LogP contribution is 2.38. The zero-order valence-electron chi connectivity index (χ0n) is 14.9. The minimum absolute atomic E-state index is 0. The van der Waals surface area contributed by atoms with Gasteiger partial charge in [-0.3, -0.25) is 0 Å². The van der Waals surface area contributed by atoms with Gasteiger partial charge in [0.1, 0.15) is 0 Å². The molecule has 2 nitrogen and oxygen atoms in total. The maximum absolute atomic E-state index is 13.1. The first-order valence-corrected chi connectivity index (χ1v) is 8.96. The average molecular weight is 395 g/mol. The molecule has 2 atom stereocenters. The van der Waals surface area contributed by atoms with Crippen molar-refractivity contribution in [3.8, 4) is 0 Å². The number of halogens is 4. The van der Waals surface area contributed by atoms with E-state index in [1.807, 2.05) is 18.2 Å². The lowest BCUT2D eigenvalue weighted by atomic mass is 9.90. The van der Waals surface area contributed by atoms with Crippen LogP contribution in [0, 0.1) is 0 Å². The number of nitrogens with one attached hydrogen (secondary N) is 2. The summed E-state index contributed by atoms with van der Waals surface area (Å²) >= 11 is 0. The van der Waals surface area contributed by atoms with E-state index in [-0.39, 0.29) is 24.5 Å². The fourth-order valence-electron chi connectivity index (χ4n) is 3.95. The van der Waals surface area contributed by atoms with Crippen LogP contribution < -0.4 is 5.32 Å². The van der Waals surface area contributed by atoms with Gasteiger partial charge < -0.3 is 10.3 Å². The monoisotopic (exact) mass is 394 g/mol. The van der Waals surface area contributed by atoms with E-state index in [0.717, 1.165) is 42.1 Å². The maximum atomic E-state index is 13.1. The summed E-state index contributed by atoms with van der Waals surface area (Å²) < 4.78 is 39.2. The molecule has 0 saturated carbocycles. The molecule has 3 aromatic rings. The van der Waals surface area contributed by atoms with Crippen LogP contribution in [0.25, 0.3) is 10.9 Å². The highest BCUT2D eigenvalue weighted by molar-refractivity contribution is 5.86. The molecule has 0 radical (unpaired) electrons. The summed E-state index contributed by atoms with van der Waals surface area (Å²) in [5.74, 6) is 0. The van der Waals surface area contributed by atoms with Crippen molar-refractivity contribution in [1.82, 2.24) is 10.3 Å². The summed E-state index contributed by atoms with van der Waals surface area (Å²) in [5.41, 5.74) is 3.46. The van der Waals surface area contributed by atoms with E-state index in [1.54, 1.807) is 6.07 Å². The number of H-pyrrole nitrogens is 1. The third-order valence-corrected chi connectivity index (χ3v) is 5.29. The van der Waals surface area contributed by atoms with Crippen LogP contribution in [-0.4, -0.2) is 4.98 Å². The maximum Gasteiger partial charge on any atom is 0.416 e. The Morgan fingerprint density at radius 3 is 2.56 bits per heavy atom. The highest BCUT2D eigenvalue weighted by Gasteiger charge is 2.32. The van der Waals surface area contributed by atoms with Gasteiger partial charge in [0.05, 0.1) is 5.56 Å². The second-order valence-corrected chi connectivity index (χ2v) is 7.02. The van der Waals surface area contributed by atoms with Crippen LogP contribution in [0.5, 0.6) is 0 Å². The highest BCUT2D eigenvalue weighted by atomic mass is 35.5. The smallest absolute Gasteiger partial charge is 0.357 e. The topological polar surface area (TPSA) is 27.8 Å². The summed E-state index contributed by atoms with van der Waals surface area (Å²) in [4.78, 5) is 3.37. The van der Waals surface area contributed by atoms with Crippen molar-refractivity contribution >= 4 is 23.3 Å². The van der Waals surface area contributed by atoms with E-state index in [2.05, 4.69) is 29.4 Å². The summed E-state index contributed by atoms with van der Waals surface area (Å²) in [6.45, 7) is 2.12. The van der Waals surface area contributed by atoms with Gasteiger partial charge in [-0.15, -0.1) is 12.4 Å². The molecule has 4 rings (SSSR count). The molecule has 27 heavy (non-hydrogen) atoms. The first kappa shape index (κ1) is 19.8. The number of fused-ring (bicyclic) bond motifs is 3. The summed E-state index contributed by atoms with van der Waals surface area (Å²) in [7, 11) is 0. The zero-order chi connectivity index (χ0) is 18.3. The third-order valence-electron chi connectivity index (χ3n) is 5.29. The first-order valence-electron chi connectivity index (χ1n) is 8.96. The molecule has 0 amide bonds. The number of hydrogen-bond acceptors (Lipinski definition) is 1. The third kappa shape index (κ3) is 3.85. The second kappa shape index (κ2) is 7.56. The van der Waals surface area contributed by atoms with Gasteiger partial charge in [0.15, 0.2) is 0 Å². The van der Waals surface area contributed by atoms with E-state index in [0.29, 0.717) is 5.39 Å². The molecule has 0 spiro atoms. The Hall–Kier alpha value is -1.98. The fourth-order valence-corrected chi connectivity index (χ4v) is 3.95. The molecule has 0 fully saturated rings. The number of hydrogen-bond donors (Lipinski definition) is 2. The van der Waals surface area contributed by atoms with Gasteiger partial charge in [0.2, 0.25) is 0 Å². The van der Waals surface area contributed by atoms with Crippen molar-refractivity contribution in [1.29, 1.82) is 0 Å². The second-order valence-electron chi connectivity index (χ2n) is 7.02. The lowest BCUT2D eigenvalue weighted by Crippen LogP contribution is -2.27. The largest absolute Gasteiger partial charge is 0.416 e. The van der Waals surface area contributed by atoms with Crippen LogP contribution in [-0.2, 0) is 12.6 Å². The molecule has 1 heterocycles. The molecule has 144 valence electrons. The number of alkyl halides is 3. The number of aromatic nitrogens is 1. The Kier molecular flexibility index (Phi) is 5.54. The van der Waals surface area contributed by atoms with E-state index in [4.69, 9.17) is 0 Å². The first-order chi connectivity index (χ1) is 12.4. The Morgan fingerprint density at radius 1 is 1.11 bits per heavy atom. The van der Waals surface area contributed by atoms with Gasteiger partial charge in [-0.25, -0.2) is 0 Å². The van der Waals surface area contributed by atoms with Gasteiger partial charge in [-0.05, 0) is 55.5 Å². The van der Waals surface area contributed by atoms with Gasteiger partial charge in [0, 0.05) is 28.7 Å². The number of benzene rings is 2. The van der Waals surface area contributed by atoms with E-state index < -0.39 is 11.7 Å². The zero-order valence-corrected chi connectivity index (χ0v) is 15.8. The Labute approximate surface area is 162 Å². The van der Waals surface area contributed by atoms with Crippen LogP contribution in [0.15, 0.2) is 48.5 Å². The number of aromatic amines is 1. The Bertz CT molecular complexity index is 918. The van der Waals surface area contributed by atoms with Crippen molar-refractivity contribution in [3.05, 3.63) is 70.9 Å². The lowest BCUT2D eigenvalue weighted by molar-refractivity contribution is -0.137. The molecule has 1 unspecified atom stereocenters. The molecule has 1 aliphatic carbocycles. The SMILES string of the molecule is C[C@@H](NC1CCCc2c1[nH]c1ccc(C(F)(F)F)cc21)c1ccccc1.Cl. The van der Waals surface area contributed by atoms with E-state index in [9.17, 15) is 13.2 Å². The Morgan fingerprint density at radius 2 is 1.85 bits per heavy atom. The molecule has 0 aliphatic heterocycles. The van der Waals surface area contributed by atoms with Gasteiger partial charge in [-0.1, -0.05) is 30.3 Å². The van der Waals surface area contributed by atoms with Crippen LogP contribution >= 0.6 is 12.4 Å². The van der Waals surface area contributed by atoms with Crippen LogP contribution in [0.3, 0.4) is 0 Å². The molecule has 0 bridgehead atoms. The summed E-state index contributed by atoms with van der Waals surface area (Å²) in [6.07, 6.45) is -1.56.